The van der Waals surface area contributed by atoms with Gasteiger partial charge in [-0.2, -0.15) is 0 Å². The summed E-state index contributed by atoms with van der Waals surface area (Å²) in [6.45, 7) is 7.25. The van der Waals surface area contributed by atoms with Crippen LogP contribution in [0, 0.1) is 6.92 Å². The van der Waals surface area contributed by atoms with Crippen LogP contribution in [0.3, 0.4) is 0 Å². The van der Waals surface area contributed by atoms with Crippen LogP contribution in [-0.4, -0.2) is 43.0 Å². The summed E-state index contributed by atoms with van der Waals surface area (Å²) in [5, 5.41) is 4.41. The molecular weight excluding hydrogens is 369 g/mol. The molecule has 1 heterocycles. The number of nitrogens with zero attached hydrogens (tertiary/aromatic N) is 2. The predicted molar refractivity (Wildman–Crippen MR) is 110 cm³/mol. The Labute approximate surface area is 164 Å². The second-order valence-corrected chi connectivity index (χ2v) is 7.42. The normalized spacial score (nSPS) is 16.4. The van der Waals surface area contributed by atoms with Crippen molar-refractivity contribution in [1.29, 1.82) is 0 Å². The second-order valence-electron chi connectivity index (χ2n) is 6.58. The average molecular weight is 392 g/mol. The zero-order valence-corrected chi connectivity index (χ0v) is 16.5. The van der Waals surface area contributed by atoms with E-state index in [-0.39, 0.29) is 11.9 Å². The van der Waals surface area contributed by atoms with E-state index in [1.54, 1.807) is 0 Å². The number of carbonyl (C=O) groups excluding carboxylic acids is 1. The van der Waals surface area contributed by atoms with E-state index in [4.69, 9.17) is 23.2 Å². The number of hydrogen-bond acceptors (Lipinski definition) is 3. The van der Waals surface area contributed by atoms with Gasteiger partial charge >= 0.3 is 0 Å². The lowest BCUT2D eigenvalue weighted by Crippen LogP contribution is -2.52. The van der Waals surface area contributed by atoms with Gasteiger partial charge in [0.15, 0.2) is 0 Å². The largest absolute Gasteiger partial charge is 0.369 e. The first kappa shape index (κ1) is 19.0. The summed E-state index contributed by atoms with van der Waals surface area (Å²) in [5.41, 5.74) is 2.79. The van der Waals surface area contributed by atoms with E-state index in [1.807, 2.05) is 50.2 Å². The molecule has 1 N–H and O–H groups in total. The molecule has 26 heavy (non-hydrogen) atoms. The fraction of sp³-hybridized carbons (Fsp3) is 0.350. The highest BCUT2D eigenvalue weighted by atomic mass is 35.5. The Bertz CT molecular complexity index is 788. The molecule has 0 unspecified atom stereocenters. The second kappa shape index (κ2) is 8.30. The van der Waals surface area contributed by atoms with E-state index in [0.717, 1.165) is 48.1 Å². The molecule has 1 saturated heterocycles. The maximum atomic E-state index is 12.6. The van der Waals surface area contributed by atoms with Crippen molar-refractivity contribution >= 4 is 40.5 Å². The van der Waals surface area contributed by atoms with Gasteiger partial charge in [-0.05, 0) is 49.7 Å². The zero-order valence-electron chi connectivity index (χ0n) is 15.0. The Morgan fingerprint density at radius 1 is 1.08 bits per heavy atom. The lowest BCUT2D eigenvalue weighted by atomic mass is 10.1. The first-order valence-electron chi connectivity index (χ1n) is 8.76. The standard InChI is InChI=1S/C20H23Cl2N3O/c1-14-18(22)7-4-8-19(14)23-20(26)15(2)24-9-11-25(12-10-24)17-6-3-5-16(21)13-17/h3-8,13,15H,9-12H2,1-2H3,(H,23,26)/t15-/m0/s1. The number of hydrogen-bond donors (Lipinski definition) is 1. The molecule has 1 amide bonds. The van der Waals surface area contributed by atoms with E-state index in [0.29, 0.717) is 5.02 Å². The van der Waals surface area contributed by atoms with Crippen LogP contribution < -0.4 is 10.2 Å². The molecule has 4 nitrogen and oxygen atoms in total. The molecule has 2 aromatic carbocycles. The summed E-state index contributed by atoms with van der Waals surface area (Å²) in [6, 6.07) is 13.2. The lowest BCUT2D eigenvalue weighted by Gasteiger charge is -2.38. The summed E-state index contributed by atoms with van der Waals surface area (Å²) >= 11 is 12.2. The topological polar surface area (TPSA) is 35.6 Å². The summed E-state index contributed by atoms with van der Waals surface area (Å²) in [4.78, 5) is 17.1. The predicted octanol–water partition coefficient (Wildman–Crippen LogP) is 4.45. The maximum Gasteiger partial charge on any atom is 0.241 e. The Kier molecular flexibility index (Phi) is 6.07. The summed E-state index contributed by atoms with van der Waals surface area (Å²) in [7, 11) is 0. The first-order valence-corrected chi connectivity index (χ1v) is 9.52. The third kappa shape index (κ3) is 4.32. The van der Waals surface area contributed by atoms with Gasteiger partial charge in [-0.15, -0.1) is 0 Å². The van der Waals surface area contributed by atoms with Gasteiger partial charge < -0.3 is 10.2 Å². The van der Waals surface area contributed by atoms with Gasteiger partial charge in [-0.1, -0.05) is 35.3 Å². The van der Waals surface area contributed by atoms with Gasteiger partial charge in [0.05, 0.1) is 6.04 Å². The maximum absolute atomic E-state index is 12.6. The van der Waals surface area contributed by atoms with Gasteiger partial charge in [-0.3, -0.25) is 9.69 Å². The SMILES string of the molecule is Cc1c(Cl)cccc1NC(=O)[C@H](C)N1CCN(c2cccc(Cl)c2)CC1. The van der Waals surface area contributed by atoms with Crippen LogP contribution >= 0.6 is 23.2 Å². The molecule has 1 atom stereocenters. The minimum Gasteiger partial charge on any atom is -0.369 e. The highest BCUT2D eigenvalue weighted by Crippen LogP contribution is 2.24. The van der Waals surface area contributed by atoms with Crippen LogP contribution in [0.2, 0.25) is 10.0 Å². The number of rotatable bonds is 4. The Hall–Kier alpha value is -1.75. The van der Waals surface area contributed by atoms with Crippen LogP contribution in [0.4, 0.5) is 11.4 Å². The van der Waals surface area contributed by atoms with Gasteiger partial charge in [0, 0.05) is 47.6 Å². The number of anilines is 2. The smallest absolute Gasteiger partial charge is 0.241 e. The van der Waals surface area contributed by atoms with Gasteiger partial charge in [0.1, 0.15) is 0 Å². The third-order valence-corrected chi connectivity index (χ3v) is 5.58. The number of carbonyl (C=O) groups is 1. The van der Waals surface area contributed by atoms with Crippen molar-refractivity contribution in [2.24, 2.45) is 0 Å². The third-order valence-electron chi connectivity index (χ3n) is 4.94. The first-order chi connectivity index (χ1) is 12.5. The molecule has 138 valence electrons. The summed E-state index contributed by atoms with van der Waals surface area (Å²) < 4.78 is 0. The van der Waals surface area contributed by atoms with Crippen molar-refractivity contribution < 1.29 is 4.79 Å². The zero-order chi connectivity index (χ0) is 18.7. The molecule has 0 aromatic heterocycles. The van der Waals surface area contributed by atoms with Crippen LogP contribution in [0.1, 0.15) is 12.5 Å². The molecule has 0 spiro atoms. The van der Waals surface area contributed by atoms with Crippen molar-refractivity contribution in [2.75, 3.05) is 36.4 Å². The van der Waals surface area contributed by atoms with E-state index < -0.39 is 0 Å². The van der Waals surface area contributed by atoms with Crippen LogP contribution in [0.25, 0.3) is 0 Å². The van der Waals surface area contributed by atoms with Crippen molar-refractivity contribution in [3.8, 4) is 0 Å². The highest BCUT2D eigenvalue weighted by Gasteiger charge is 2.26. The summed E-state index contributed by atoms with van der Waals surface area (Å²) in [6.07, 6.45) is 0. The van der Waals surface area contributed by atoms with Gasteiger partial charge in [0.25, 0.3) is 0 Å². The van der Waals surface area contributed by atoms with E-state index in [2.05, 4.69) is 21.2 Å². The molecule has 6 heteroatoms. The van der Waals surface area contributed by atoms with E-state index in [1.165, 1.54) is 0 Å². The minimum atomic E-state index is -0.199. The number of piperazine rings is 1. The van der Waals surface area contributed by atoms with Crippen LogP contribution in [0.15, 0.2) is 42.5 Å². The Morgan fingerprint density at radius 3 is 2.46 bits per heavy atom. The number of benzene rings is 2. The Morgan fingerprint density at radius 2 is 1.77 bits per heavy atom. The van der Waals surface area contributed by atoms with E-state index >= 15 is 0 Å². The van der Waals surface area contributed by atoms with Crippen molar-refractivity contribution in [3.63, 3.8) is 0 Å². The molecule has 0 radical (unpaired) electrons. The molecule has 1 aliphatic rings. The number of nitrogens with one attached hydrogen (secondary N) is 1. The molecule has 2 aromatic rings. The van der Waals surface area contributed by atoms with E-state index in [9.17, 15) is 4.79 Å². The molecule has 3 rings (SSSR count). The monoisotopic (exact) mass is 391 g/mol. The minimum absolute atomic E-state index is 0.00780. The van der Waals surface area contributed by atoms with Crippen LogP contribution in [0.5, 0.6) is 0 Å². The fourth-order valence-corrected chi connectivity index (χ4v) is 3.55. The van der Waals surface area contributed by atoms with Crippen molar-refractivity contribution in [2.45, 2.75) is 19.9 Å². The fourth-order valence-electron chi connectivity index (χ4n) is 3.19. The molecule has 1 aliphatic heterocycles. The van der Waals surface area contributed by atoms with Crippen LogP contribution in [-0.2, 0) is 4.79 Å². The molecule has 1 fully saturated rings. The number of amides is 1. The highest BCUT2D eigenvalue weighted by molar-refractivity contribution is 6.31. The van der Waals surface area contributed by atoms with Gasteiger partial charge in [0.2, 0.25) is 5.91 Å². The van der Waals surface area contributed by atoms with Crippen molar-refractivity contribution in [3.05, 3.63) is 58.1 Å². The quantitative estimate of drug-likeness (QED) is 0.835. The summed E-state index contributed by atoms with van der Waals surface area (Å²) in [5.74, 6) is -0.00780. The average Bonchev–Trinajstić information content (AvgIpc) is 2.65. The molecule has 0 saturated carbocycles. The molecule has 0 bridgehead atoms. The van der Waals surface area contributed by atoms with Crippen molar-refractivity contribution in [1.82, 2.24) is 4.90 Å². The van der Waals surface area contributed by atoms with Gasteiger partial charge in [-0.25, -0.2) is 0 Å². The number of halogens is 2. The Balaban J connectivity index is 1.58. The lowest BCUT2D eigenvalue weighted by molar-refractivity contribution is -0.120. The molecule has 0 aliphatic carbocycles. The molecular formula is C20H23Cl2N3O.